The molecule has 1 aromatic carbocycles. The molecular formula is C18H20ClN5O. The molecule has 0 fully saturated rings. The number of aryl methyl sites for hydroxylation is 1. The summed E-state index contributed by atoms with van der Waals surface area (Å²) < 4.78 is 3.08. The first-order valence-electron chi connectivity index (χ1n) is 8.07. The molecule has 0 saturated carbocycles. The Balaban J connectivity index is 1.88. The van der Waals surface area contributed by atoms with Gasteiger partial charge in [0.25, 0.3) is 5.56 Å². The van der Waals surface area contributed by atoms with E-state index < -0.39 is 0 Å². The Kier molecular flexibility index (Phi) is 4.90. The standard InChI is InChI=1S/C18H20ClN5O/c1-12(2)17-13(11-24(22-17)14-7-5-4-6-8-14)9-20-15-10-21-23(3)18(25)16(15)19/h4-8,10-12,20H,9H2,1-3H3. The van der Waals surface area contributed by atoms with Crippen LogP contribution in [0.2, 0.25) is 5.02 Å². The fourth-order valence-electron chi connectivity index (χ4n) is 2.58. The summed E-state index contributed by atoms with van der Waals surface area (Å²) in [7, 11) is 1.57. The van der Waals surface area contributed by atoms with E-state index in [4.69, 9.17) is 16.7 Å². The first-order valence-corrected chi connectivity index (χ1v) is 8.44. The summed E-state index contributed by atoms with van der Waals surface area (Å²) in [6.45, 7) is 4.72. The molecule has 0 saturated heterocycles. The van der Waals surface area contributed by atoms with Gasteiger partial charge >= 0.3 is 0 Å². The van der Waals surface area contributed by atoms with Gasteiger partial charge in [-0.3, -0.25) is 4.79 Å². The number of nitrogens with zero attached hydrogens (tertiary/aromatic N) is 4. The minimum Gasteiger partial charge on any atom is -0.378 e. The van der Waals surface area contributed by atoms with Crippen molar-refractivity contribution >= 4 is 17.3 Å². The maximum Gasteiger partial charge on any atom is 0.287 e. The fourth-order valence-corrected chi connectivity index (χ4v) is 2.82. The second-order valence-electron chi connectivity index (χ2n) is 6.13. The zero-order valence-electron chi connectivity index (χ0n) is 14.4. The van der Waals surface area contributed by atoms with Gasteiger partial charge in [-0.1, -0.05) is 43.6 Å². The Bertz CT molecular complexity index is 930. The van der Waals surface area contributed by atoms with E-state index in [-0.39, 0.29) is 16.5 Å². The van der Waals surface area contributed by atoms with E-state index in [2.05, 4.69) is 24.3 Å². The number of para-hydroxylation sites is 1. The van der Waals surface area contributed by atoms with Crippen LogP contribution in [0.4, 0.5) is 5.69 Å². The first-order chi connectivity index (χ1) is 12.0. The summed E-state index contributed by atoms with van der Waals surface area (Å²) in [4.78, 5) is 11.9. The highest BCUT2D eigenvalue weighted by Crippen LogP contribution is 2.22. The average molecular weight is 358 g/mol. The van der Waals surface area contributed by atoms with Gasteiger partial charge in [0.05, 0.1) is 23.3 Å². The first kappa shape index (κ1) is 17.2. The summed E-state index contributed by atoms with van der Waals surface area (Å²) in [5, 5.41) is 12.0. The van der Waals surface area contributed by atoms with Crippen molar-refractivity contribution in [2.75, 3.05) is 5.32 Å². The van der Waals surface area contributed by atoms with Crippen LogP contribution in [0.1, 0.15) is 31.0 Å². The van der Waals surface area contributed by atoms with Crippen LogP contribution < -0.4 is 10.9 Å². The fraction of sp³-hybridized carbons (Fsp3) is 0.278. The quantitative estimate of drug-likeness (QED) is 0.760. The summed E-state index contributed by atoms with van der Waals surface area (Å²) in [6.07, 6.45) is 3.56. The minimum absolute atomic E-state index is 0.138. The number of hydrogen-bond donors (Lipinski definition) is 1. The summed E-state index contributed by atoms with van der Waals surface area (Å²) in [5.41, 5.74) is 3.26. The highest BCUT2D eigenvalue weighted by Gasteiger charge is 2.14. The van der Waals surface area contributed by atoms with Crippen molar-refractivity contribution in [3.05, 3.63) is 69.4 Å². The van der Waals surface area contributed by atoms with E-state index in [0.29, 0.717) is 12.2 Å². The molecule has 3 aromatic rings. The maximum atomic E-state index is 11.9. The predicted octanol–water partition coefficient (Wildman–Crippen LogP) is 3.35. The lowest BCUT2D eigenvalue weighted by molar-refractivity contribution is 0.708. The number of aromatic nitrogens is 4. The van der Waals surface area contributed by atoms with Gasteiger partial charge in [0.15, 0.2) is 0 Å². The molecule has 0 unspecified atom stereocenters. The van der Waals surface area contributed by atoms with E-state index in [1.165, 1.54) is 4.68 Å². The second-order valence-corrected chi connectivity index (χ2v) is 6.51. The third-order valence-electron chi connectivity index (χ3n) is 3.94. The molecule has 2 heterocycles. The van der Waals surface area contributed by atoms with Crippen molar-refractivity contribution < 1.29 is 0 Å². The molecule has 0 radical (unpaired) electrons. The monoisotopic (exact) mass is 357 g/mol. The van der Waals surface area contributed by atoms with Gasteiger partial charge in [-0.25, -0.2) is 9.36 Å². The molecule has 1 N–H and O–H groups in total. The number of hydrogen-bond acceptors (Lipinski definition) is 4. The van der Waals surface area contributed by atoms with Crippen LogP contribution in [0.3, 0.4) is 0 Å². The highest BCUT2D eigenvalue weighted by atomic mass is 35.5. The SMILES string of the molecule is CC(C)c1nn(-c2ccccc2)cc1CNc1cnn(C)c(=O)c1Cl. The number of benzene rings is 1. The van der Waals surface area contributed by atoms with Crippen LogP contribution in [0.5, 0.6) is 0 Å². The molecule has 7 heteroatoms. The lowest BCUT2D eigenvalue weighted by atomic mass is 10.1. The molecule has 0 spiro atoms. The van der Waals surface area contributed by atoms with Gasteiger partial charge in [-0.15, -0.1) is 0 Å². The molecule has 3 rings (SSSR count). The molecule has 0 aliphatic carbocycles. The van der Waals surface area contributed by atoms with Crippen LogP contribution in [0.15, 0.2) is 47.5 Å². The molecule has 0 amide bonds. The third-order valence-corrected chi connectivity index (χ3v) is 4.30. The summed E-state index contributed by atoms with van der Waals surface area (Å²) >= 11 is 6.11. The Labute approximate surface area is 151 Å². The van der Waals surface area contributed by atoms with Crippen molar-refractivity contribution in [1.29, 1.82) is 0 Å². The zero-order valence-corrected chi connectivity index (χ0v) is 15.2. The Morgan fingerprint density at radius 1 is 1.24 bits per heavy atom. The molecular weight excluding hydrogens is 338 g/mol. The molecule has 0 aliphatic heterocycles. The predicted molar refractivity (Wildman–Crippen MR) is 99.5 cm³/mol. The van der Waals surface area contributed by atoms with Crippen LogP contribution in [0, 0.1) is 0 Å². The molecule has 6 nitrogen and oxygen atoms in total. The van der Waals surface area contributed by atoms with Crippen molar-refractivity contribution in [2.45, 2.75) is 26.3 Å². The lowest BCUT2D eigenvalue weighted by Crippen LogP contribution is -2.21. The topological polar surface area (TPSA) is 64.7 Å². The Morgan fingerprint density at radius 3 is 2.64 bits per heavy atom. The number of nitrogens with one attached hydrogen (secondary N) is 1. The minimum atomic E-state index is -0.323. The van der Waals surface area contributed by atoms with Gasteiger partial charge in [-0.2, -0.15) is 10.2 Å². The van der Waals surface area contributed by atoms with Crippen LogP contribution in [0.25, 0.3) is 5.69 Å². The van der Waals surface area contributed by atoms with E-state index >= 15 is 0 Å². The normalized spacial score (nSPS) is 11.1. The second kappa shape index (κ2) is 7.11. The molecule has 0 aliphatic rings. The van der Waals surface area contributed by atoms with Crippen LogP contribution in [-0.2, 0) is 13.6 Å². The molecule has 0 bridgehead atoms. The third kappa shape index (κ3) is 3.58. The molecule has 130 valence electrons. The largest absolute Gasteiger partial charge is 0.378 e. The Morgan fingerprint density at radius 2 is 1.96 bits per heavy atom. The Hall–Kier alpha value is -2.60. The van der Waals surface area contributed by atoms with Crippen LogP contribution >= 0.6 is 11.6 Å². The zero-order chi connectivity index (χ0) is 18.0. The van der Waals surface area contributed by atoms with Gasteiger partial charge in [-0.05, 0) is 18.1 Å². The van der Waals surface area contributed by atoms with E-state index in [0.717, 1.165) is 16.9 Å². The van der Waals surface area contributed by atoms with Gasteiger partial charge < -0.3 is 5.32 Å². The van der Waals surface area contributed by atoms with Crippen molar-refractivity contribution in [3.63, 3.8) is 0 Å². The molecule has 2 aromatic heterocycles. The number of rotatable bonds is 5. The van der Waals surface area contributed by atoms with E-state index in [1.807, 2.05) is 41.2 Å². The van der Waals surface area contributed by atoms with Crippen molar-refractivity contribution in [1.82, 2.24) is 19.6 Å². The number of halogens is 1. The van der Waals surface area contributed by atoms with E-state index in [1.54, 1.807) is 13.2 Å². The summed E-state index contributed by atoms with van der Waals surface area (Å²) in [6, 6.07) is 9.96. The lowest BCUT2D eigenvalue weighted by Gasteiger charge is -2.09. The van der Waals surface area contributed by atoms with Crippen molar-refractivity contribution in [2.24, 2.45) is 7.05 Å². The molecule has 25 heavy (non-hydrogen) atoms. The maximum absolute atomic E-state index is 11.9. The average Bonchev–Trinajstić information content (AvgIpc) is 3.04. The van der Waals surface area contributed by atoms with Gasteiger partial charge in [0.1, 0.15) is 5.02 Å². The van der Waals surface area contributed by atoms with Crippen LogP contribution in [-0.4, -0.2) is 19.6 Å². The highest BCUT2D eigenvalue weighted by molar-refractivity contribution is 6.32. The summed E-state index contributed by atoms with van der Waals surface area (Å²) in [5.74, 6) is 0.277. The smallest absolute Gasteiger partial charge is 0.287 e. The van der Waals surface area contributed by atoms with E-state index in [9.17, 15) is 4.79 Å². The number of anilines is 1. The molecule has 0 atom stereocenters. The van der Waals surface area contributed by atoms with Crippen molar-refractivity contribution in [3.8, 4) is 5.69 Å². The van der Waals surface area contributed by atoms with Gasteiger partial charge in [0, 0.05) is 25.4 Å². The van der Waals surface area contributed by atoms with Gasteiger partial charge in [0.2, 0.25) is 0 Å².